The largest absolute Gasteiger partial charge is 0.465 e. The minimum atomic E-state index is -0.338. The highest BCUT2D eigenvalue weighted by atomic mass is 31.0. The number of benzene rings is 4. The Balaban J connectivity index is 0.00000240. The molecule has 3 heteroatoms. The van der Waals surface area contributed by atoms with E-state index in [1.165, 1.54) is 7.11 Å². The lowest BCUT2D eigenvalue weighted by Crippen LogP contribution is -2.07. The highest BCUT2D eigenvalue weighted by Crippen LogP contribution is 2.40. The molecule has 0 spiro atoms. The molecule has 144 valence electrons. The average molecular weight is 398 g/mol. The second kappa shape index (κ2) is 9.32. The van der Waals surface area contributed by atoms with Gasteiger partial charge < -0.3 is 4.74 Å². The zero-order valence-corrected chi connectivity index (χ0v) is 17.8. The van der Waals surface area contributed by atoms with Gasteiger partial charge in [0.05, 0.1) is 12.7 Å². The second-order valence-electron chi connectivity index (χ2n) is 6.50. The van der Waals surface area contributed by atoms with Gasteiger partial charge in [0.15, 0.2) is 0 Å². The quantitative estimate of drug-likeness (QED) is 0.288. The number of hydrogen-bond donors (Lipinski definition) is 0. The number of ether oxygens (including phenoxy) is 1. The van der Waals surface area contributed by atoms with Crippen LogP contribution < -0.4 is 0 Å². The van der Waals surface area contributed by atoms with Gasteiger partial charge in [0.1, 0.15) is 0 Å². The minimum absolute atomic E-state index is 0. The first kappa shape index (κ1) is 20.5. The maximum Gasteiger partial charge on any atom is 0.339 e. The molecule has 0 aliphatic rings. The van der Waals surface area contributed by atoms with Crippen molar-refractivity contribution in [3.63, 3.8) is 0 Å². The summed E-state index contributed by atoms with van der Waals surface area (Å²) in [7, 11) is 1.43. The van der Waals surface area contributed by atoms with E-state index in [1.54, 1.807) is 0 Å². The van der Waals surface area contributed by atoms with E-state index in [9.17, 15) is 4.79 Å². The van der Waals surface area contributed by atoms with E-state index in [2.05, 4.69) is 18.2 Å². The first-order valence-electron chi connectivity index (χ1n) is 9.21. The van der Waals surface area contributed by atoms with Crippen LogP contribution in [0.3, 0.4) is 0 Å². The van der Waals surface area contributed by atoms with Crippen LogP contribution in [-0.4, -0.2) is 13.1 Å². The Labute approximate surface area is 174 Å². The van der Waals surface area contributed by atoms with E-state index in [4.69, 9.17) is 4.74 Å². The van der Waals surface area contributed by atoms with Crippen LogP contribution in [-0.2, 0) is 4.74 Å². The molecule has 0 amide bonds. The van der Waals surface area contributed by atoms with E-state index >= 15 is 0 Å². The molecule has 0 N–H and O–H groups in total. The Kier molecular flexibility index (Phi) is 6.59. The molecule has 29 heavy (non-hydrogen) atoms. The first-order chi connectivity index (χ1) is 13.8. The van der Waals surface area contributed by atoms with Crippen molar-refractivity contribution in [1.29, 1.82) is 0 Å². The summed E-state index contributed by atoms with van der Waals surface area (Å²) in [5, 5.41) is 0. The number of methoxy groups -OCH3 is 1. The minimum Gasteiger partial charge on any atom is -0.465 e. The molecular weight excluding hydrogens is 375 g/mol. The summed E-state index contributed by atoms with van der Waals surface area (Å²) in [4.78, 5) is 13.0. The van der Waals surface area contributed by atoms with Crippen LogP contribution in [0.25, 0.3) is 33.4 Å². The smallest absolute Gasteiger partial charge is 0.339 e. The molecule has 1 atom stereocenters. The molecule has 0 aliphatic carbocycles. The van der Waals surface area contributed by atoms with E-state index in [0.717, 1.165) is 33.4 Å². The molecular formula is C26H23O2P. The standard InChI is InChI=1S/C26H20O2.H3P/c1-28-26(27)25-23(20-13-7-3-8-14-20)18-17-22(19-11-5-2-6-12-19)24(25)21-15-9-4-10-16-21;/h2-18H,1H3;1H3. The van der Waals surface area contributed by atoms with Gasteiger partial charge in [-0.05, 0) is 27.8 Å². The predicted octanol–water partition coefficient (Wildman–Crippen LogP) is 6.53. The summed E-state index contributed by atoms with van der Waals surface area (Å²) in [5.41, 5.74) is 6.38. The van der Waals surface area contributed by atoms with Crippen molar-refractivity contribution in [3.05, 3.63) is 109 Å². The molecule has 0 fully saturated rings. The van der Waals surface area contributed by atoms with Crippen molar-refractivity contribution in [2.75, 3.05) is 7.11 Å². The van der Waals surface area contributed by atoms with Crippen molar-refractivity contribution in [2.24, 2.45) is 0 Å². The fraction of sp³-hybridized carbons (Fsp3) is 0.0385. The molecule has 0 radical (unpaired) electrons. The van der Waals surface area contributed by atoms with Crippen LogP contribution >= 0.6 is 9.90 Å². The SMILES string of the molecule is COC(=O)c1c(-c2ccccc2)ccc(-c2ccccc2)c1-c1ccccc1.P. The summed E-state index contributed by atoms with van der Waals surface area (Å²) in [6.45, 7) is 0. The van der Waals surface area contributed by atoms with E-state index in [-0.39, 0.29) is 15.9 Å². The number of rotatable bonds is 4. The lowest BCUT2D eigenvalue weighted by Gasteiger charge is -2.18. The molecule has 4 aromatic rings. The molecule has 0 bridgehead atoms. The Morgan fingerprint density at radius 1 is 0.586 bits per heavy atom. The third-order valence-electron chi connectivity index (χ3n) is 4.83. The fourth-order valence-corrected chi connectivity index (χ4v) is 3.54. The average Bonchev–Trinajstić information content (AvgIpc) is 2.79. The van der Waals surface area contributed by atoms with Gasteiger partial charge in [0.25, 0.3) is 0 Å². The van der Waals surface area contributed by atoms with Gasteiger partial charge in [-0.25, -0.2) is 4.79 Å². The summed E-state index contributed by atoms with van der Waals surface area (Å²) in [6.07, 6.45) is 0. The van der Waals surface area contributed by atoms with Crippen molar-refractivity contribution in [2.45, 2.75) is 0 Å². The Morgan fingerprint density at radius 3 is 1.48 bits per heavy atom. The normalized spacial score (nSPS) is 10.1. The van der Waals surface area contributed by atoms with Gasteiger partial charge >= 0.3 is 5.97 Å². The van der Waals surface area contributed by atoms with Crippen molar-refractivity contribution >= 4 is 15.9 Å². The van der Waals surface area contributed by atoms with Gasteiger partial charge in [-0.1, -0.05) is 103 Å². The maximum absolute atomic E-state index is 13.0. The van der Waals surface area contributed by atoms with E-state index < -0.39 is 0 Å². The van der Waals surface area contributed by atoms with Crippen molar-refractivity contribution < 1.29 is 9.53 Å². The van der Waals surface area contributed by atoms with E-state index in [0.29, 0.717) is 5.56 Å². The van der Waals surface area contributed by atoms with Gasteiger partial charge in [0.2, 0.25) is 0 Å². The highest BCUT2D eigenvalue weighted by molar-refractivity contribution is 6.92. The van der Waals surface area contributed by atoms with E-state index in [1.807, 2.05) is 84.9 Å². The van der Waals surface area contributed by atoms with Crippen LogP contribution in [0, 0.1) is 0 Å². The van der Waals surface area contributed by atoms with Crippen LogP contribution in [0.2, 0.25) is 0 Å². The zero-order valence-electron chi connectivity index (χ0n) is 16.3. The first-order valence-corrected chi connectivity index (χ1v) is 9.21. The summed E-state index contributed by atoms with van der Waals surface area (Å²) in [6, 6.07) is 34.2. The molecule has 0 heterocycles. The second-order valence-corrected chi connectivity index (χ2v) is 6.50. The molecule has 0 saturated heterocycles. The highest BCUT2D eigenvalue weighted by Gasteiger charge is 2.23. The van der Waals surface area contributed by atoms with Gasteiger partial charge in [-0.15, -0.1) is 0 Å². The van der Waals surface area contributed by atoms with Gasteiger partial charge in [-0.3, -0.25) is 0 Å². The van der Waals surface area contributed by atoms with Gasteiger partial charge in [0, 0.05) is 5.56 Å². The van der Waals surface area contributed by atoms with Gasteiger partial charge in [-0.2, -0.15) is 9.90 Å². The molecule has 4 aromatic carbocycles. The van der Waals surface area contributed by atoms with Crippen LogP contribution in [0.4, 0.5) is 0 Å². The van der Waals surface area contributed by atoms with Crippen molar-refractivity contribution in [3.8, 4) is 33.4 Å². The monoisotopic (exact) mass is 398 g/mol. The number of carbonyl (C=O) groups excluding carboxylic acids is 1. The Hall–Kier alpha value is -3.22. The number of esters is 1. The van der Waals surface area contributed by atoms with Crippen LogP contribution in [0.1, 0.15) is 10.4 Å². The third-order valence-corrected chi connectivity index (χ3v) is 4.83. The van der Waals surface area contributed by atoms with Crippen molar-refractivity contribution in [1.82, 2.24) is 0 Å². The van der Waals surface area contributed by atoms with Crippen LogP contribution in [0.15, 0.2) is 103 Å². The topological polar surface area (TPSA) is 26.3 Å². The Morgan fingerprint density at radius 2 is 1.00 bits per heavy atom. The summed E-state index contributed by atoms with van der Waals surface area (Å²) >= 11 is 0. The number of hydrogen-bond acceptors (Lipinski definition) is 2. The maximum atomic E-state index is 13.0. The molecule has 2 nitrogen and oxygen atoms in total. The molecule has 0 aromatic heterocycles. The molecule has 0 saturated carbocycles. The molecule has 0 aliphatic heterocycles. The van der Waals surface area contributed by atoms with Crippen LogP contribution in [0.5, 0.6) is 0 Å². The lowest BCUT2D eigenvalue weighted by atomic mass is 9.86. The Bertz CT molecular complexity index is 1090. The molecule has 1 unspecified atom stereocenters. The fourth-order valence-electron chi connectivity index (χ4n) is 3.54. The lowest BCUT2D eigenvalue weighted by molar-refractivity contribution is 0.0602. The summed E-state index contributed by atoms with van der Waals surface area (Å²) < 4.78 is 5.21. The molecule has 4 rings (SSSR count). The third kappa shape index (κ3) is 4.13. The summed E-state index contributed by atoms with van der Waals surface area (Å²) in [5.74, 6) is -0.338. The number of carbonyl (C=O) groups is 1. The predicted molar refractivity (Wildman–Crippen MR) is 125 cm³/mol. The zero-order chi connectivity index (χ0) is 19.3.